The fourth-order valence-electron chi connectivity index (χ4n) is 1.45. The predicted molar refractivity (Wildman–Crippen MR) is 61.9 cm³/mol. The second-order valence-electron chi connectivity index (χ2n) is 3.68. The van der Waals surface area contributed by atoms with Crippen molar-refractivity contribution in [1.29, 1.82) is 0 Å². The van der Waals surface area contributed by atoms with Crippen LogP contribution >= 0.6 is 0 Å². The van der Waals surface area contributed by atoms with Gasteiger partial charge in [0.05, 0.1) is 0 Å². The molecule has 0 fully saturated rings. The molecule has 0 aromatic heterocycles. The number of unbranched alkanes of at least 4 members (excludes halogenated alkanes) is 5. The van der Waals surface area contributed by atoms with Crippen LogP contribution in [0.2, 0.25) is 0 Å². The summed E-state index contributed by atoms with van der Waals surface area (Å²) in [5.74, 6) is 0. The molecule has 0 aliphatic rings. The van der Waals surface area contributed by atoms with Gasteiger partial charge in [-0.3, -0.25) is 0 Å². The van der Waals surface area contributed by atoms with Gasteiger partial charge >= 0.3 is 0 Å². The molecule has 0 saturated heterocycles. The molecule has 0 spiro atoms. The summed E-state index contributed by atoms with van der Waals surface area (Å²) in [7, 11) is 0. The van der Waals surface area contributed by atoms with Crippen LogP contribution in [0.25, 0.3) is 0 Å². The zero-order valence-electron chi connectivity index (χ0n) is 9.31. The van der Waals surface area contributed by atoms with E-state index in [4.69, 9.17) is 0 Å². The standard InChI is InChI=1S/C13H24/c1-4-6-7-8-9-10-12-13(3)11-5-2/h5,11H,3-4,6-10,12H2,1-2H3/b11-5-. The van der Waals surface area contributed by atoms with Crippen LogP contribution in [0.3, 0.4) is 0 Å². The van der Waals surface area contributed by atoms with Crippen molar-refractivity contribution in [3.63, 3.8) is 0 Å². The molecule has 0 unspecified atom stereocenters. The van der Waals surface area contributed by atoms with Gasteiger partial charge in [0.1, 0.15) is 0 Å². The normalized spacial score (nSPS) is 10.9. The minimum absolute atomic E-state index is 1.18. The molecule has 0 saturated carbocycles. The van der Waals surface area contributed by atoms with Gasteiger partial charge in [-0.1, -0.05) is 63.3 Å². The third kappa shape index (κ3) is 9.39. The summed E-state index contributed by atoms with van der Waals surface area (Å²) in [6.07, 6.45) is 13.6. The molecule has 76 valence electrons. The Labute approximate surface area is 83.7 Å². The summed E-state index contributed by atoms with van der Waals surface area (Å²) in [4.78, 5) is 0. The van der Waals surface area contributed by atoms with Crippen LogP contribution in [0.4, 0.5) is 0 Å². The van der Waals surface area contributed by atoms with Gasteiger partial charge in [0, 0.05) is 0 Å². The minimum atomic E-state index is 1.18. The lowest BCUT2D eigenvalue weighted by Crippen LogP contribution is -1.80. The zero-order valence-corrected chi connectivity index (χ0v) is 9.31. The molecule has 0 aliphatic carbocycles. The molecule has 0 aromatic rings. The van der Waals surface area contributed by atoms with Crippen LogP contribution in [0.15, 0.2) is 24.3 Å². The van der Waals surface area contributed by atoms with Crippen LogP contribution in [-0.4, -0.2) is 0 Å². The van der Waals surface area contributed by atoms with Crippen molar-refractivity contribution in [2.45, 2.75) is 58.8 Å². The van der Waals surface area contributed by atoms with Crippen molar-refractivity contribution >= 4 is 0 Å². The minimum Gasteiger partial charge on any atom is -0.0958 e. The molecule has 0 heteroatoms. The first-order valence-electron chi connectivity index (χ1n) is 5.61. The Bertz CT molecular complexity index is 142. The van der Waals surface area contributed by atoms with E-state index in [2.05, 4.69) is 25.7 Å². The lowest BCUT2D eigenvalue weighted by Gasteiger charge is -2.00. The average molecular weight is 180 g/mol. The lowest BCUT2D eigenvalue weighted by molar-refractivity contribution is 0.608. The molecule has 0 bridgehead atoms. The molecule has 0 heterocycles. The molecule has 0 rings (SSSR count). The molecular weight excluding hydrogens is 156 g/mol. The number of hydrogen-bond acceptors (Lipinski definition) is 0. The van der Waals surface area contributed by atoms with E-state index in [1.54, 1.807) is 0 Å². The molecule has 0 N–H and O–H groups in total. The maximum absolute atomic E-state index is 3.99. The third-order valence-electron chi connectivity index (χ3n) is 2.25. The molecule has 0 atom stereocenters. The van der Waals surface area contributed by atoms with Gasteiger partial charge < -0.3 is 0 Å². The largest absolute Gasteiger partial charge is 0.0958 e. The third-order valence-corrected chi connectivity index (χ3v) is 2.25. The monoisotopic (exact) mass is 180 g/mol. The first-order chi connectivity index (χ1) is 6.31. The Kier molecular flexibility index (Phi) is 9.18. The zero-order chi connectivity index (χ0) is 9.94. The topological polar surface area (TPSA) is 0 Å². The molecular formula is C13H24. The summed E-state index contributed by atoms with van der Waals surface area (Å²) in [5, 5.41) is 0. The number of rotatable bonds is 8. The lowest BCUT2D eigenvalue weighted by atomic mass is 10.1. The summed E-state index contributed by atoms with van der Waals surface area (Å²) in [6.45, 7) is 8.30. The first kappa shape index (κ1) is 12.5. The Balaban J connectivity index is 3.11. The molecule has 13 heavy (non-hydrogen) atoms. The average Bonchev–Trinajstić information content (AvgIpc) is 2.11. The van der Waals surface area contributed by atoms with E-state index in [0.29, 0.717) is 0 Å². The fourth-order valence-corrected chi connectivity index (χ4v) is 1.45. The Morgan fingerprint density at radius 1 is 1.08 bits per heavy atom. The Morgan fingerprint density at radius 3 is 2.31 bits per heavy atom. The predicted octanol–water partition coefficient (Wildman–Crippen LogP) is 4.87. The van der Waals surface area contributed by atoms with E-state index in [-0.39, 0.29) is 0 Å². The van der Waals surface area contributed by atoms with Gasteiger partial charge in [0.25, 0.3) is 0 Å². The molecule has 0 radical (unpaired) electrons. The van der Waals surface area contributed by atoms with Crippen LogP contribution in [0, 0.1) is 0 Å². The summed E-state index contributed by atoms with van der Waals surface area (Å²) in [5.41, 5.74) is 1.28. The quantitative estimate of drug-likeness (QED) is 0.369. The smallest absolute Gasteiger partial charge is 0.0285 e. The number of allylic oxidation sites excluding steroid dienone is 3. The number of hydrogen-bond donors (Lipinski definition) is 0. The van der Waals surface area contributed by atoms with Crippen LogP contribution in [0.1, 0.15) is 58.8 Å². The molecule has 0 nitrogen and oxygen atoms in total. The van der Waals surface area contributed by atoms with Gasteiger partial charge in [-0.2, -0.15) is 0 Å². The van der Waals surface area contributed by atoms with E-state index >= 15 is 0 Å². The van der Waals surface area contributed by atoms with E-state index in [1.165, 1.54) is 50.5 Å². The Hall–Kier alpha value is -0.520. The van der Waals surface area contributed by atoms with Gasteiger partial charge in [-0.05, 0) is 19.8 Å². The fraction of sp³-hybridized carbons (Fsp3) is 0.692. The Morgan fingerprint density at radius 2 is 1.69 bits per heavy atom. The second-order valence-corrected chi connectivity index (χ2v) is 3.68. The van der Waals surface area contributed by atoms with Crippen LogP contribution < -0.4 is 0 Å². The van der Waals surface area contributed by atoms with E-state index in [0.717, 1.165) is 0 Å². The highest BCUT2D eigenvalue weighted by molar-refractivity contribution is 5.12. The molecule has 0 amide bonds. The van der Waals surface area contributed by atoms with Crippen LogP contribution in [-0.2, 0) is 0 Å². The highest BCUT2D eigenvalue weighted by Gasteiger charge is 1.91. The van der Waals surface area contributed by atoms with Crippen molar-refractivity contribution in [1.82, 2.24) is 0 Å². The maximum Gasteiger partial charge on any atom is -0.0285 e. The van der Waals surface area contributed by atoms with Gasteiger partial charge in [0.15, 0.2) is 0 Å². The van der Waals surface area contributed by atoms with Crippen molar-refractivity contribution < 1.29 is 0 Å². The first-order valence-corrected chi connectivity index (χ1v) is 5.61. The van der Waals surface area contributed by atoms with Gasteiger partial charge in [-0.15, -0.1) is 0 Å². The SMILES string of the molecule is C=C(/C=C\C)CCCCCCCC. The molecule has 0 aromatic carbocycles. The van der Waals surface area contributed by atoms with Crippen molar-refractivity contribution in [3.8, 4) is 0 Å². The second kappa shape index (κ2) is 9.57. The maximum atomic E-state index is 3.99. The summed E-state index contributed by atoms with van der Waals surface area (Å²) >= 11 is 0. The van der Waals surface area contributed by atoms with Gasteiger partial charge in [-0.25, -0.2) is 0 Å². The van der Waals surface area contributed by atoms with E-state index < -0.39 is 0 Å². The van der Waals surface area contributed by atoms with Crippen molar-refractivity contribution in [3.05, 3.63) is 24.3 Å². The van der Waals surface area contributed by atoms with E-state index in [1.807, 2.05) is 6.92 Å². The van der Waals surface area contributed by atoms with Crippen molar-refractivity contribution in [2.75, 3.05) is 0 Å². The van der Waals surface area contributed by atoms with Crippen LogP contribution in [0.5, 0.6) is 0 Å². The van der Waals surface area contributed by atoms with E-state index in [9.17, 15) is 0 Å². The van der Waals surface area contributed by atoms with Crippen molar-refractivity contribution in [2.24, 2.45) is 0 Å². The molecule has 0 aliphatic heterocycles. The van der Waals surface area contributed by atoms with Gasteiger partial charge in [0.2, 0.25) is 0 Å². The summed E-state index contributed by atoms with van der Waals surface area (Å²) in [6, 6.07) is 0. The summed E-state index contributed by atoms with van der Waals surface area (Å²) < 4.78 is 0. The highest BCUT2D eigenvalue weighted by Crippen LogP contribution is 2.11. The highest BCUT2D eigenvalue weighted by atomic mass is 14.0.